The van der Waals surface area contributed by atoms with Crippen molar-refractivity contribution >= 4 is 39.5 Å². The molecular formula is C81H158O17P2. The molecule has 0 fully saturated rings. The smallest absolute Gasteiger partial charge is 0.462 e. The molecule has 0 saturated carbocycles. The molecule has 19 heteroatoms. The molecule has 0 rings (SSSR count). The first-order valence-corrected chi connectivity index (χ1v) is 45.0. The van der Waals surface area contributed by atoms with Crippen molar-refractivity contribution in [3.63, 3.8) is 0 Å². The molecule has 0 spiro atoms. The van der Waals surface area contributed by atoms with Gasteiger partial charge in [0, 0.05) is 25.7 Å². The molecule has 0 saturated heterocycles. The van der Waals surface area contributed by atoms with E-state index in [0.717, 1.165) is 102 Å². The average molecular weight is 1470 g/mol. The van der Waals surface area contributed by atoms with Gasteiger partial charge in [-0.25, -0.2) is 9.13 Å². The van der Waals surface area contributed by atoms with Crippen molar-refractivity contribution in [1.29, 1.82) is 0 Å². The summed E-state index contributed by atoms with van der Waals surface area (Å²) in [6.45, 7) is 9.69. The first kappa shape index (κ1) is 98.1. The lowest BCUT2D eigenvalue weighted by molar-refractivity contribution is -0.161. The predicted molar refractivity (Wildman–Crippen MR) is 409 cm³/mol. The Balaban J connectivity index is 5.20. The normalized spacial score (nSPS) is 14.2. The molecule has 0 aromatic carbocycles. The molecule has 0 aliphatic heterocycles. The van der Waals surface area contributed by atoms with E-state index >= 15 is 0 Å². The fourth-order valence-corrected chi connectivity index (χ4v) is 14.1. The molecule has 0 aliphatic carbocycles. The number of aliphatic hydroxyl groups excluding tert-OH is 1. The number of ether oxygens (including phenoxy) is 4. The number of hydrogen-bond acceptors (Lipinski definition) is 15. The Morgan fingerprint density at radius 1 is 0.290 bits per heavy atom. The van der Waals surface area contributed by atoms with Gasteiger partial charge in [0.15, 0.2) is 12.2 Å². The van der Waals surface area contributed by atoms with Crippen LogP contribution in [0.2, 0.25) is 0 Å². The second-order valence-corrected chi connectivity index (χ2v) is 32.8. The Kier molecular flexibility index (Phi) is 71.2. The van der Waals surface area contributed by atoms with Crippen LogP contribution in [0.3, 0.4) is 0 Å². The van der Waals surface area contributed by atoms with Crippen molar-refractivity contribution in [3.05, 3.63) is 0 Å². The zero-order valence-corrected chi connectivity index (χ0v) is 67.3. The fraction of sp³-hybridized carbons (Fsp3) is 0.951. The molecule has 100 heavy (non-hydrogen) atoms. The van der Waals surface area contributed by atoms with Gasteiger partial charge in [-0.1, -0.05) is 375 Å². The molecule has 594 valence electrons. The van der Waals surface area contributed by atoms with E-state index in [0.29, 0.717) is 25.7 Å². The zero-order valence-electron chi connectivity index (χ0n) is 65.5. The van der Waals surface area contributed by atoms with E-state index < -0.39 is 97.5 Å². The van der Waals surface area contributed by atoms with E-state index in [1.54, 1.807) is 0 Å². The van der Waals surface area contributed by atoms with E-state index in [1.807, 2.05) is 0 Å². The third-order valence-electron chi connectivity index (χ3n) is 19.3. The van der Waals surface area contributed by atoms with Gasteiger partial charge < -0.3 is 33.8 Å². The molecule has 6 atom stereocenters. The Morgan fingerprint density at radius 2 is 0.510 bits per heavy atom. The van der Waals surface area contributed by atoms with Crippen molar-refractivity contribution in [3.8, 4) is 0 Å². The largest absolute Gasteiger partial charge is 0.472 e. The van der Waals surface area contributed by atoms with E-state index in [2.05, 4.69) is 41.5 Å². The monoisotopic (exact) mass is 1470 g/mol. The number of hydrogen-bond donors (Lipinski definition) is 3. The van der Waals surface area contributed by atoms with Crippen molar-refractivity contribution in [2.45, 2.75) is 445 Å². The second kappa shape index (κ2) is 72.6. The Labute approximate surface area is 613 Å². The third kappa shape index (κ3) is 73.0. The fourth-order valence-electron chi connectivity index (χ4n) is 12.5. The van der Waals surface area contributed by atoms with Crippen LogP contribution in [-0.4, -0.2) is 96.7 Å². The van der Waals surface area contributed by atoms with Gasteiger partial charge in [-0.3, -0.25) is 37.3 Å². The highest BCUT2D eigenvalue weighted by Crippen LogP contribution is 2.45. The molecule has 0 aliphatic rings. The highest BCUT2D eigenvalue weighted by molar-refractivity contribution is 7.47. The van der Waals surface area contributed by atoms with Crippen LogP contribution in [0.4, 0.5) is 0 Å². The van der Waals surface area contributed by atoms with Crippen LogP contribution >= 0.6 is 15.6 Å². The molecule has 0 bridgehead atoms. The Bertz CT molecular complexity index is 1930. The molecule has 0 radical (unpaired) electrons. The minimum absolute atomic E-state index is 0.107. The van der Waals surface area contributed by atoms with E-state index in [-0.39, 0.29) is 25.7 Å². The number of esters is 4. The summed E-state index contributed by atoms with van der Waals surface area (Å²) in [4.78, 5) is 72.9. The number of unbranched alkanes of at least 4 members (excludes halogenated alkanes) is 49. The Morgan fingerprint density at radius 3 is 0.760 bits per heavy atom. The van der Waals surface area contributed by atoms with Gasteiger partial charge >= 0.3 is 39.5 Å². The summed E-state index contributed by atoms with van der Waals surface area (Å²) in [5.74, 6) is -0.473. The van der Waals surface area contributed by atoms with Crippen LogP contribution in [0.25, 0.3) is 0 Å². The first-order chi connectivity index (χ1) is 48.4. The molecule has 3 N–H and O–H groups in total. The minimum Gasteiger partial charge on any atom is -0.462 e. The molecule has 0 amide bonds. The summed E-state index contributed by atoms with van der Waals surface area (Å²) in [5, 5.41) is 10.6. The molecule has 0 heterocycles. The summed E-state index contributed by atoms with van der Waals surface area (Å²) >= 11 is 0. The summed E-state index contributed by atoms with van der Waals surface area (Å²) in [6.07, 6.45) is 62.4. The molecular weight excluding hydrogens is 1310 g/mol. The average Bonchev–Trinajstić information content (AvgIpc) is 0.943. The maximum atomic E-state index is 13.1. The lowest BCUT2D eigenvalue weighted by Gasteiger charge is -2.21. The minimum atomic E-state index is -4.96. The summed E-state index contributed by atoms with van der Waals surface area (Å²) in [5.41, 5.74) is 0. The maximum Gasteiger partial charge on any atom is 0.472 e. The van der Waals surface area contributed by atoms with Crippen LogP contribution in [0.15, 0.2) is 0 Å². The van der Waals surface area contributed by atoms with Gasteiger partial charge in [-0.05, 0) is 37.5 Å². The first-order valence-electron chi connectivity index (χ1n) is 42.0. The van der Waals surface area contributed by atoms with Crippen molar-refractivity contribution in [2.24, 2.45) is 11.8 Å². The number of aliphatic hydroxyl groups is 1. The van der Waals surface area contributed by atoms with E-state index in [9.17, 15) is 43.2 Å². The van der Waals surface area contributed by atoms with Gasteiger partial charge in [0.1, 0.15) is 19.3 Å². The second-order valence-electron chi connectivity index (χ2n) is 29.9. The van der Waals surface area contributed by atoms with Crippen molar-refractivity contribution in [2.75, 3.05) is 39.6 Å². The van der Waals surface area contributed by atoms with Crippen molar-refractivity contribution < 1.29 is 80.2 Å². The molecule has 0 aromatic rings. The zero-order chi connectivity index (χ0) is 73.5. The number of phosphoric ester groups is 2. The summed E-state index contributed by atoms with van der Waals surface area (Å²) in [6, 6.07) is 0. The highest BCUT2D eigenvalue weighted by atomic mass is 31.2. The lowest BCUT2D eigenvalue weighted by Crippen LogP contribution is -2.30. The van der Waals surface area contributed by atoms with Crippen LogP contribution in [0.5, 0.6) is 0 Å². The number of carbonyl (C=O) groups excluding carboxylic acids is 4. The third-order valence-corrected chi connectivity index (χ3v) is 21.2. The van der Waals surface area contributed by atoms with Gasteiger partial charge in [0.25, 0.3) is 0 Å². The number of rotatable bonds is 80. The SMILES string of the molecule is CCCCCCCCCCCCCCCCCC(=O)OC[C@H](COP(=O)(O)OC[C@@H](O)COP(=O)(O)OC[C@@H](COC(=O)CCCCCCCCCCC)OC(=O)CCCCCCCCCCCCCC(C)C)OC(=O)CCCCCCCCCCCCCCCCCCCCC(C)CC. The quantitative estimate of drug-likeness (QED) is 0.0222. The predicted octanol–water partition coefficient (Wildman–Crippen LogP) is 24.3. The Hall–Kier alpha value is -1.94. The van der Waals surface area contributed by atoms with Gasteiger partial charge in [-0.15, -0.1) is 0 Å². The molecule has 0 aromatic heterocycles. The molecule has 3 unspecified atom stereocenters. The van der Waals surface area contributed by atoms with Gasteiger partial charge in [0.05, 0.1) is 26.4 Å². The van der Waals surface area contributed by atoms with Crippen LogP contribution < -0.4 is 0 Å². The van der Waals surface area contributed by atoms with E-state index in [1.165, 1.54) is 244 Å². The summed E-state index contributed by atoms with van der Waals surface area (Å²) < 4.78 is 68.7. The topological polar surface area (TPSA) is 237 Å². The van der Waals surface area contributed by atoms with Crippen molar-refractivity contribution in [1.82, 2.24) is 0 Å². The highest BCUT2D eigenvalue weighted by Gasteiger charge is 2.30. The lowest BCUT2D eigenvalue weighted by atomic mass is 9.99. The van der Waals surface area contributed by atoms with Crippen LogP contribution in [-0.2, 0) is 65.4 Å². The van der Waals surface area contributed by atoms with Crippen LogP contribution in [0, 0.1) is 11.8 Å². The standard InChI is InChI=1S/C81H158O17P2/c1-7-10-12-14-16-18-19-20-25-29-34-40-46-52-58-64-79(84)92-70-77(98-80(85)65-59-53-47-41-35-30-27-24-22-21-23-26-28-33-39-44-50-56-62-74(6)9-3)72-96-100(89,90)94-68-75(82)67-93-99(87,88)95-71-76(69-91-78(83)63-57-51-45-37-17-15-13-11-8-2)97-81(86)66-60-54-48-42-36-31-32-38-43-49-55-61-73(4)5/h73-77,82H,7-72H2,1-6H3,(H,87,88)(H,89,90)/t74?,75-,76+,77+/m0/s1. The maximum absolute atomic E-state index is 13.1. The van der Waals surface area contributed by atoms with Crippen LogP contribution in [0.1, 0.15) is 427 Å². The number of carbonyl (C=O) groups is 4. The summed E-state index contributed by atoms with van der Waals surface area (Å²) in [7, 11) is -9.92. The number of phosphoric acid groups is 2. The van der Waals surface area contributed by atoms with Gasteiger partial charge in [0.2, 0.25) is 0 Å². The molecule has 17 nitrogen and oxygen atoms in total. The van der Waals surface area contributed by atoms with E-state index in [4.69, 9.17) is 37.0 Å². The van der Waals surface area contributed by atoms with Gasteiger partial charge in [-0.2, -0.15) is 0 Å².